The summed E-state index contributed by atoms with van der Waals surface area (Å²) in [5.74, 6) is 0.892. The number of hydrogen-bond donors (Lipinski definition) is 0. The van der Waals surface area contributed by atoms with Crippen LogP contribution in [-0.2, 0) is 19.5 Å². The molecule has 26 heavy (non-hydrogen) atoms. The molecule has 4 nitrogen and oxygen atoms in total. The highest BCUT2D eigenvalue weighted by Gasteiger charge is 2.20. The van der Waals surface area contributed by atoms with Crippen molar-refractivity contribution in [3.05, 3.63) is 65.2 Å². The topological polar surface area (TPSA) is 28.1 Å². The maximum Gasteiger partial charge on any atom is 0.161 e. The standard InChI is InChI=1S/C21H27N3OS/c1-4-17-5-7-18(8-6-17)13-23-15-22-21(26-3)24(16-23)14-19-9-11-20(25-2)12-10-19/h5-12H,4,13-16H2,1-3H3. The average molecular weight is 370 g/mol. The predicted octanol–water partition coefficient (Wildman–Crippen LogP) is 4.21. The van der Waals surface area contributed by atoms with E-state index in [1.807, 2.05) is 12.1 Å². The van der Waals surface area contributed by atoms with Crippen molar-refractivity contribution in [1.29, 1.82) is 0 Å². The lowest BCUT2D eigenvalue weighted by atomic mass is 10.1. The average Bonchev–Trinajstić information content (AvgIpc) is 2.69. The Labute approximate surface area is 160 Å². The lowest BCUT2D eigenvalue weighted by Gasteiger charge is -2.35. The molecule has 138 valence electrons. The summed E-state index contributed by atoms with van der Waals surface area (Å²) < 4.78 is 5.25. The van der Waals surface area contributed by atoms with Crippen molar-refractivity contribution in [3.8, 4) is 5.75 Å². The summed E-state index contributed by atoms with van der Waals surface area (Å²) in [6.07, 6.45) is 3.18. The van der Waals surface area contributed by atoms with Gasteiger partial charge in [-0.1, -0.05) is 55.1 Å². The van der Waals surface area contributed by atoms with Crippen LogP contribution in [0.3, 0.4) is 0 Å². The van der Waals surface area contributed by atoms with Crippen molar-refractivity contribution in [1.82, 2.24) is 9.80 Å². The van der Waals surface area contributed by atoms with Gasteiger partial charge in [-0.15, -0.1) is 0 Å². The first-order valence-corrected chi connectivity index (χ1v) is 10.2. The Morgan fingerprint density at radius 3 is 2.19 bits per heavy atom. The normalized spacial score (nSPS) is 15.0. The molecule has 0 spiro atoms. The number of aryl methyl sites for hydroxylation is 1. The van der Waals surface area contributed by atoms with Crippen LogP contribution in [0, 0.1) is 0 Å². The fourth-order valence-corrected chi connectivity index (χ4v) is 3.68. The van der Waals surface area contributed by atoms with Crippen LogP contribution in [-0.4, -0.2) is 41.7 Å². The summed E-state index contributed by atoms with van der Waals surface area (Å²) in [6, 6.07) is 17.2. The molecule has 5 heteroatoms. The summed E-state index contributed by atoms with van der Waals surface area (Å²) in [7, 11) is 1.70. The van der Waals surface area contributed by atoms with Gasteiger partial charge in [0.1, 0.15) is 5.75 Å². The van der Waals surface area contributed by atoms with E-state index in [-0.39, 0.29) is 0 Å². The van der Waals surface area contributed by atoms with Crippen LogP contribution < -0.4 is 4.74 Å². The summed E-state index contributed by atoms with van der Waals surface area (Å²) in [4.78, 5) is 9.50. The SMILES string of the molecule is CCc1ccc(CN2CN=C(SC)N(Cc3ccc(OC)cc3)C2)cc1. The summed E-state index contributed by atoms with van der Waals surface area (Å²) in [5, 5.41) is 1.11. The molecule has 0 amide bonds. The van der Waals surface area contributed by atoms with Gasteiger partial charge in [0, 0.05) is 13.1 Å². The molecule has 3 rings (SSSR count). The van der Waals surface area contributed by atoms with Crippen LogP contribution in [0.25, 0.3) is 0 Å². The van der Waals surface area contributed by atoms with E-state index in [9.17, 15) is 0 Å². The summed E-state index contributed by atoms with van der Waals surface area (Å²) in [5.41, 5.74) is 3.99. The lowest BCUT2D eigenvalue weighted by Crippen LogP contribution is -2.44. The van der Waals surface area contributed by atoms with Crippen molar-refractivity contribution in [2.24, 2.45) is 4.99 Å². The van der Waals surface area contributed by atoms with E-state index in [2.05, 4.69) is 59.4 Å². The second kappa shape index (κ2) is 9.10. The molecule has 0 bridgehead atoms. The van der Waals surface area contributed by atoms with E-state index in [1.165, 1.54) is 16.7 Å². The van der Waals surface area contributed by atoms with Gasteiger partial charge in [0.2, 0.25) is 0 Å². The minimum absolute atomic E-state index is 0.755. The van der Waals surface area contributed by atoms with E-state index in [0.717, 1.165) is 43.8 Å². The van der Waals surface area contributed by atoms with Crippen LogP contribution in [0.15, 0.2) is 53.5 Å². The molecule has 2 aromatic carbocycles. The molecular formula is C21H27N3OS. The van der Waals surface area contributed by atoms with Gasteiger partial charge in [0.15, 0.2) is 5.17 Å². The monoisotopic (exact) mass is 369 g/mol. The largest absolute Gasteiger partial charge is 0.497 e. The lowest BCUT2D eigenvalue weighted by molar-refractivity contribution is 0.164. The molecule has 0 aliphatic carbocycles. The minimum Gasteiger partial charge on any atom is -0.497 e. The van der Waals surface area contributed by atoms with Crippen LogP contribution in [0.1, 0.15) is 23.6 Å². The zero-order chi connectivity index (χ0) is 18.4. The van der Waals surface area contributed by atoms with Crippen molar-refractivity contribution < 1.29 is 4.74 Å². The van der Waals surface area contributed by atoms with Gasteiger partial charge >= 0.3 is 0 Å². The Bertz CT molecular complexity index is 728. The van der Waals surface area contributed by atoms with Gasteiger partial charge < -0.3 is 9.64 Å². The second-order valence-corrected chi connectivity index (χ2v) is 7.25. The van der Waals surface area contributed by atoms with Crippen molar-refractivity contribution >= 4 is 16.9 Å². The third-order valence-corrected chi connectivity index (χ3v) is 5.35. The molecule has 1 aliphatic heterocycles. The molecule has 1 heterocycles. The van der Waals surface area contributed by atoms with Gasteiger partial charge in [-0.05, 0) is 41.5 Å². The Hall–Kier alpha value is -1.98. The summed E-state index contributed by atoms with van der Waals surface area (Å²) >= 11 is 1.72. The van der Waals surface area contributed by atoms with Crippen LogP contribution in [0.4, 0.5) is 0 Å². The minimum atomic E-state index is 0.755. The van der Waals surface area contributed by atoms with E-state index in [0.29, 0.717) is 0 Å². The maximum absolute atomic E-state index is 5.25. The quantitative estimate of drug-likeness (QED) is 0.762. The highest BCUT2D eigenvalue weighted by molar-refractivity contribution is 8.13. The maximum atomic E-state index is 5.25. The van der Waals surface area contributed by atoms with Crippen LogP contribution in [0.2, 0.25) is 0 Å². The van der Waals surface area contributed by atoms with Crippen molar-refractivity contribution in [2.45, 2.75) is 26.4 Å². The number of hydrogen-bond acceptors (Lipinski definition) is 5. The predicted molar refractivity (Wildman–Crippen MR) is 111 cm³/mol. The van der Waals surface area contributed by atoms with Gasteiger partial charge in [-0.3, -0.25) is 4.90 Å². The summed E-state index contributed by atoms with van der Waals surface area (Å²) in [6.45, 7) is 5.62. The van der Waals surface area contributed by atoms with Crippen LogP contribution >= 0.6 is 11.8 Å². The highest BCUT2D eigenvalue weighted by Crippen LogP contribution is 2.19. The van der Waals surface area contributed by atoms with Gasteiger partial charge in [0.05, 0.1) is 20.4 Å². The number of rotatable bonds is 6. The molecule has 0 saturated carbocycles. The Kier molecular flexibility index (Phi) is 6.58. The van der Waals surface area contributed by atoms with E-state index in [1.54, 1.807) is 18.9 Å². The molecule has 0 aromatic heterocycles. The number of amidine groups is 1. The molecule has 0 N–H and O–H groups in total. The van der Waals surface area contributed by atoms with Crippen molar-refractivity contribution in [3.63, 3.8) is 0 Å². The van der Waals surface area contributed by atoms with E-state index in [4.69, 9.17) is 9.73 Å². The number of methoxy groups -OCH3 is 1. The first-order valence-electron chi connectivity index (χ1n) is 8.98. The molecular weight excluding hydrogens is 342 g/mol. The third kappa shape index (κ3) is 4.80. The molecule has 2 aromatic rings. The first-order chi connectivity index (χ1) is 12.7. The highest BCUT2D eigenvalue weighted by atomic mass is 32.2. The van der Waals surface area contributed by atoms with Crippen LogP contribution in [0.5, 0.6) is 5.75 Å². The fraction of sp³-hybridized carbons (Fsp3) is 0.381. The smallest absolute Gasteiger partial charge is 0.161 e. The second-order valence-electron chi connectivity index (χ2n) is 6.47. The van der Waals surface area contributed by atoms with E-state index >= 15 is 0 Å². The Morgan fingerprint density at radius 2 is 1.58 bits per heavy atom. The number of nitrogens with zero attached hydrogens (tertiary/aromatic N) is 3. The molecule has 0 fully saturated rings. The first kappa shape index (κ1) is 18.8. The molecule has 0 radical (unpaired) electrons. The Morgan fingerprint density at radius 1 is 0.962 bits per heavy atom. The molecule has 0 atom stereocenters. The number of benzene rings is 2. The number of thioether (sulfide) groups is 1. The van der Waals surface area contributed by atoms with Gasteiger partial charge in [-0.25, -0.2) is 4.99 Å². The van der Waals surface area contributed by atoms with Gasteiger partial charge in [0.25, 0.3) is 0 Å². The third-order valence-electron chi connectivity index (χ3n) is 4.60. The zero-order valence-corrected chi connectivity index (χ0v) is 16.6. The number of ether oxygens (including phenoxy) is 1. The van der Waals surface area contributed by atoms with Crippen molar-refractivity contribution in [2.75, 3.05) is 26.7 Å². The zero-order valence-electron chi connectivity index (χ0n) is 15.8. The fourth-order valence-electron chi connectivity index (χ4n) is 3.11. The molecule has 0 unspecified atom stereocenters. The van der Waals surface area contributed by atoms with E-state index < -0.39 is 0 Å². The molecule has 1 aliphatic rings. The van der Waals surface area contributed by atoms with Gasteiger partial charge in [-0.2, -0.15) is 0 Å². The molecule has 0 saturated heterocycles. The Balaban J connectivity index is 1.66. The number of aliphatic imine (C=N–C) groups is 1.